The van der Waals surface area contributed by atoms with Gasteiger partial charge >= 0.3 is 0 Å². The highest BCUT2D eigenvalue weighted by Gasteiger charge is 2.38. The van der Waals surface area contributed by atoms with E-state index in [1.807, 2.05) is 0 Å². The maximum absolute atomic E-state index is 13.1. The zero-order valence-electron chi connectivity index (χ0n) is 16.0. The quantitative estimate of drug-likeness (QED) is 0.571. The van der Waals surface area contributed by atoms with E-state index >= 15 is 0 Å². The summed E-state index contributed by atoms with van der Waals surface area (Å²) in [7, 11) is -2.40. The third-order valence-corrected chi connectivity index (χ3v) is 7.36. The first-order valence-corrected chi connectivity index (χ1v) is 11.1. The van der Waals surface area contributed by atoms with E-state index in [1.54, 1.807) is 32.2 Å². The van der Waals surface area contributed by atoms with Crippen LogP contribution in [0.3, 0.4) is 0 Å². The van der Waals surface area contributed by atoms with Gasteiger partial charge in [0.15, 0.2) is 15.7 Å². The van der Waals surface area contributed by atoms with E-state index in [4.69, 9.17) is 0 Å². The maximum atomic E-state index is 13.1. The fourth-order valence-corrected chi connectivity index (χ4v) is 5.28. The van der Waals surface area contributed by atoms with Gasteiger partial charge in [-0.3, -0.25) is 14.0 Å². The largest absolute Gasteiger partial charge is 0.337 e. The Morgan fingerprint density at radius 1 is 1.24 bits per heavy atom. The Labute approximate surface area is 175 Å². The van der Waals surface area contributed by atoms with E-state index in [0.717, 1.165) is 4.47 Å². The number of nitrogens with one attached hydrogen (secondary N) is 1. The Balaban J connectivity index is 1.91. The zero-order valence-corrected chi connectivity index (χ0v) is 18.4. The zero-order chi connectivity index (χ0) is 21.3. The van der Waals surface area contributed by atoms with Crippen molar-refractivity contribution in [1.29, 1.82) is 0 Å². The van der Waals surface area contributed by atoms with Crippen molar-refractivity contribution in [2.75, 3.05) is 7.05 Å². The molecule has 154 valence electrons. The highest BCUT2D eigenvalue weighted by atomic mass is 79.9. The van der Waals surface area contributed by atoms with Gasteiger partial charge in [-0.15, -0.1) is 10.2 Å². The number of carbonyl (C=O) groups is 1. The number of sulfone groups is 1. The van der Waals surface area contributed by atoms with Gasteiger partial charge in [-0.2, -0.15) is 0 Å². The molecule has 1 unspecified atom stereocenters. The fraction of sp³-hybridized carbons (Fsp3) is 0.333. The van der Waals surface area contributed by atoms with Crippen molar-refractivity contribution in [3.63, 3.8) is 0 Å². The molecule has 1 aromatic carbocycles. The van der Waals surface area contributed by atoms with E-state index in [2.05, 4.69) is 31.1 Å². The number of amides is 1. The second-order valence-electron chi connectivity index (χ2n) is 6.96. The van der Waals surface area contributed by atoms with Crippen molar-refractivity contribution >= 4 is 37.3 Å². The highest BCUT2D eigenvalue weighted by Crippen LogP contribution is 2.25. The van der Waals surface area contributed by atoms with Crippen LogP contribution in [0.5, 0.6) is 0 Å². The molecule has 0 radical (unpaired) electrons. The SMILES string of the molecule is CC(C)C(C(=O)N(C)Cc1nnc2c(=O)[nH]ccn12)S(=O)(=O)c1ccc(Br)cc1. The smallest absolute Gasteiger partial charge is 0.293 e. The van der Waals surface area contributed by atoms with Crippen LogP contribution in [0.25, 0.3) is 5.65 Å². The minimum absolute atomic E-state index is 0.00251. The summed E-state index contributed by atoms with van der Waals surface area (Å²) < 4.78 is 28.5. The summed E-state index contributed by atoms with van der Waals surface area (Å²) in [5, 5.41) is 6.53. The normalized spacial score (nSPS) is 13.0. The van der Waals surface area contributed by atoms with Gasteiger partial charge < -0.3 is 9.88 Å². The van der Waals surface area contributed by atoms with Crippen molar-refractivity contribution in [2.24, 2.45) is 5.92 Å². The van der Waals surface area contributed by atoms with Crippen LogP contribution in [0, 0.1) is 5.92 Å². The summed E-state index contributed by atoms with van der Waals surface area (Å²) in [4.78, 5) is 28.8. The average Bonchev–Trinajstić information content (AvgIpc) is 3.06. The van der Waals surface area contributed by atoms with E-state index in [-0.39, 0.29) is 17.1 Å². The van der Waals surface area contributed by atoms with Crippen LogP contribution in [-0.2, 0) is 21.2 Å². The molecule has 0 saturated heterocycles. The first-order valence-electron chi connectivity index (χ1n) is 8.78. The number of fused-ring (bicyclic) bond motifs is 1. The molecule has 2 aromatic heterocycles. The number of nitrogens with zero attached hydrogens (tertiary/aromatic N) is 4. The lowest BCUT2D eigenvalue weighted by atomic mass is 10.1. The Bertz CT molecular complexity index is 1200. The average molecular weight is 482 g/mol. The lowest BCUT2D eigenvalue weighted by molar-refractivity contribution is -0.130. The number of halogens is 1. The number of benzene rings is 1. The van der Waals surface area contributed by atoms with Crippen molar-refractivity contribution in [3.8, 4) is 0 Å². The monoisotopic (exact) mass is 481 g/mol. The first kappa shape index (κ1) is 21.2. The van der Waals surface area contributed by atoms with E-state index in [1.165, 1.54) is 34.7 Å². The van der Waals surface area contributed by atoms with E-state index < -0.39 is 32.5 Å². The molecule has 0 aliphatic carbocycles. The molecule has 3 rings (SSSR count). The molecule has 3 aromatic rings. The Morgan fingerprint density at radius 3 is 2.52 bits per heavy atom. The van der Waals surface area contributed by atoms with Crippen LogP contribution in [0.2, 0.25) is 0 Å². The molecule has 0 aliphatic heterocycles. The van der Waals surface area contributed by atoms with Crippen LogP contribution in [0.15, 0.2) is 50.8 Å². The third-order valence-electron chi connectivity index (χ3n) is 4.49. The predicted octanol–water partition coefficient (Wildman–Crippen LogP) is 1.64. The number of H-pyrrole nitrogens is 1. The number of hydrogen-bond donors (Lipinski definition) is 1. The van der Waals surface area contributed by atoms with Crippen molar-refractivity contribution in [1.82, 2.24) is 24.5 Å². The standard InChI is InChI=1S/C18H20BrN5O4S/c1-11(2)15(29(27,28)13-6-4-12(19)5-7-13)18(26)23(3)10-14-21-22-16-17(25)20-8-9-24(14)16/h4-9,11,15H,10H2,1-3H3,(H,20,25). The highest BCUT2D eigenvalue weighted by molar-refractivity contribution is 9.10. The van der Waals surface area contributed by atoms with E-state index in [0.29, 0.717) is 5.82 Å². The van der Waals surface area contributed by atoms with Crippen molar-refractivity contribution in [2.45, 2.75) is 30.5 Å². The van der Waals surface area contributed by atoms with Gasteiger partial charge in [0, 0.05) is 23.9 Å². The van der Waals surface area contributed by atoms with Crippen LogP contribution in [-0.4, -0.2) is 51.1 Å². The minimum atomic E-state index is -3.90. The lowest BCUT2D eigenvalue weighted by Crippen LogP contribution is -2.44. The summed E-state index contributed by atoms with van der Waals surface area (Å²) in [6.07, 6.45) is 3.02. The molecular formula is C18H20BrN5O4S. The first-order chi connectivity index (χ1) is 13.6. The van der Waals surface area contributed by atoms with Gasteiger partial charge in [-0.05, 0) is 30.2 Å². The Hall–Kier alpha value is -2.53. The summed E-state index contributed by atoms with van der Waals surface area (Å²) in [6, 6.07) is 6.19. The number of rotatable bonds is 6. The molecule has 0 spiro atoms. The molecule has 1 atom stereocenters. The van der Waals surface area contributed by atoms with Crippen LogP contribution < -0.4 is 5.56 Å². The minimum Gasteiger partial charge on any atom is -0.337 e. The second-order valence-corrected chi connectivity index (χ2v) is 9.94. The number of aromatic nitrogens is 4. The molecule has 1 amide bonds. The molecule has 11 heteroatoms. The summed E-state index contributed by atoms with van der Waals surface area (Å²) in [6.45, 7) is 3.39. The molecular weight excluding hydrogens is 462 g/mol. The summed E-state index contributed by atoms with van der Waals surface area (Å²) >= 11 is 3.28. The van der Waals surface area contributed by atoms with Crippen LogP contribution >= 0.6 is 15.9 Å². The second kappa shape index (κ2) is 8.07. The predicted molar refractivity (Wildman–Crippen MR) is 110 cm³/mol. The molecule has 0 bridgehead atoms. The molecule has 0 fully saturated rings. The molecule has 9 nitrogen and oxygen atoms in total. The molecule has 29 heavy (non-hydrogen) atoms. The van der Waals surface area contributed by atoms with Gasteiger partial charge in [0.05, 0.1) is 11.4 Å². The Kier molecular flexibility index (Phi) is 5.90. The number of carbonyl (C=O) groups excluding carboxylic acids is 1. The number of aromatic amines is 1. The summed E-state index contributed by atoms with van der Waals surface area (Å²) in [5.74, 6) is -0.647. The number of hydrogen-bond acceptors (Lipinski definition) is 6. The maximum Gasteiger partial charge on any atom is 0.293 e. The van der Waals surface area contributed by atoms with Gasteiger partial charge in [-0.1, -0.05) is 29.8 Å². The molecule has 0 aliphatic rings. The van der Waals surface area contributed by atoms with Crippen molar-refractivity contribution in [3.05, 3.63) is 57.3 Å². The van der Waals surface area contributed by atoms with Crippen LogP contribution in [0.4, 0.5) is 0 Å². The van der Waals surface area contributed by atoms with E-state index in [9.17, 15) is 18.0 Å². The molecule has 1 N–H and O–H groups in total. The third kappa shape index (κ3) is 4.10. The Morgan fingerprint density at radius 2 is 1.90 bits per heavy atom. The van der Waals surface area contributed by atoms with Crippen LogP contribution in [0.1, 0.15) is 19.7 Å². The van der Waals surface area contributed by atoms with Gasteiger partial charge in [0.1, 0.15) is 5.25 Å². The van der Waals surface area contributed by atoms with Crippen molar-refractivity contribution < 1.29 is 13.2 Å². The van der Waals surface area contributed by atoms with Gasteiger partial charge in [0.25, 0.3) is 5.56 Å². The van der Waals surface area contributed by atoms with Gasteiger partial charge in [0.2, 0.25) is 11.6 Å². The summed E-state index contributed by atoms with van der Waals surface area (Å²) in [5.41, 5.74) is -0.302. The fourth-order valence-electron chi connectivity index (χ4n) is 3.05. The topological polar surface area (TPSA) is 118 Å². The molecule has 2 heterocycles. The molecule has 0 saturated carbocycles. The lowest BCUT2D eigenvalue weighted by Gasteiger charge is -2.26. The van der Waals surface area contributed by atoms with Gasteiger partial charge in [-0.25, -0.2) is 8.42 Å².